The Morgan fingerprint density at radius 2 is 1.84 bits per heavy atom. The summed E-state index contributed by atoms with van der Waals surface area (Å²) in [6, 6.07) is 6.09. The maximum Gasteiger partial charge on any atom is 0.259 e. The Balaban J connectivity index is 2.30. The zero-order valence-electron chi connectivity index (χ0n) is 9.45. The van der Waals surface area contributed by atoms with Crippen LogP contribution in [0, 0.1) is 0 Å². The second-order valence-electron chi connectivity index (χ2n) is 3.64. The number of pyridine rings is 1. The van der Waals surface area contributed by atoms with E-state index in [4.69, 9.17) is 40.5 Å². The lowest BCUT2D eigenvalue weighted by molar-refractivity contribution is 0.102. The van der Waals surface area contributed by atoms with Crippen LogP contribution in [0.2, 0.25) is 15.1 Å². The number of carbonyl (C=O) groups excluding carboxylic acids is 1. The molecule has 2 rings (SSSR count). The maximum absolute atomic E-state index is 12.0. The van der Waals surface area contributed by atoms with Crippen molar-refractivity contribution in [2.75, 3.05) is 11.1 Å². The first-order chi connectivity index (χ1) is 8.99. The van der Waals surface area contributed by atoms with Crippen LogP contribution in [0.3, 0.4) is 0 Å². The number of nitrogen functional groups attached to an aromatic ring is 1. The summed E-state index contributed by atoms with van der Waals surface area (Å²) in [6.45, 7) is 0. The van der Waals surface area contributed by atoms with Crippen LogP contribution in [0.25, 0.3) is 0 Å². The molecule has 0 radical (unpaired) electrons. The first-order valence-corrected chi connectivity index (χ1v) is 6.29. The number of anilines is 2. The molecule has 0 spiro atoms. The fourth-order valence-corrected chi connectivity index (χ4v) is 2.01. The van der Waals surface area contributed by atoms with Crippen LogP contribution in [0.5, 0.6) is 0 Å². The van der Waals surface area contributed by atoms with Crippen molar-refractivity contribution in [3.8, 4) is 0 Å². The first-order valence-electron chi connectivity index (χ1n) is 5.15. The van der Waals surface area contributed by atoms with Gasteiger partial charge < -0.3 is 11.1 Å². The van der Waals surface area contributed by atoms with E-state index in [1.807, 2.05) is 0 Å². The minimum absolute atomic E-state index is 0.135. The lowest BCUT2D eigenvalue weighted by atomic mass is 10.2. The van der Waals surface area contributed by atoms with E-state index >= 15 is 0 Å². The highest BCUT2D eigenvalue weighted by Crippen LogP contribution is 2.32. The predicted octanol–water partition coefficient (Wildman–Crippen LogP) is 3.88. The van der Waals surface area contributed by atoms with Crippen molar-refractivity contribution in [1.29, 1.82) is 0 Å². The van der Waals surface area contributed by atoms with Crippen LogP contribution in [-0.4, -0.2) is 10.9 Å². The lowest BCUT2D eigenvalue weighted by Gasteiger charge is -2.09. The number of hydrogen-bond donors (Lipinski definition) is 2. The zero-order chi connectivity index (χ0) is 14.0. The van der Waals surface area contributed by atoms with Crippen LogP contribution in [0.1, 0.15) is 10.4 Å². The molecule has 0 unspecified atom stereocenters. The second kappa shape index (κ2) is 5.65. The van der Waals surface area contributed by atoms with Gasteiger partial charge in [0.1, 0.15) is 5.82 Å². The number of benzene rings is 1. The van der Waals surface area contributed by atoms with Crippen LogP contribution in [0.4, 0.5) is 11.5 Å². The molecule has 98 valence electrons. The van der Waals surface area contributed by atoms with Crippen LogP contribution in [0.15, 0.2) is 30.5 Å². The normalized spacial score (nSPS) is 10.3. The van der Waals surface area contributed by atoms with Gasteiger partial charge >= 0.3 is 0 Å². The fraction of sp³-hybridized carbons (Fsp3) is 0. The first kappa shape index (κ1) is 13.9. The number of aromatic nitrogens is 1. The van der Waals surface area contributed by atoms with Crippen LogP contribution >= 0.6 is 34.8 Å². The highest BCUT2D eigenvalue weighted by molar-refractivity contribution is 6.44. The number of nitrogens with one attached hydrogen (secondary N) is 1. The smallest absolute Gasteiger partial charge is 0.259 e. The van der Waals surface area contributed by atoms with Crippen LogP contribution in [-0.2, 0) is 0 Å². The van der Waals surface area contributed by atoms with E-state index in [9.17, 15) is 4.79 Å². The summed E-state index contributed by atoms with van der Waals surface area (Å²) in [6.07, 6.45) is 1.50. The van der Waals surface area contributed by atoms with Gasteiger partial charge in [-0.25, -0.2) is 4.98 Å². The molecule has 0 bridgehead atoms. The molecule has 0 saturated heterocycles. The minimum atomic E-state index is -0.425. The van der Waals surface area contributed by atoms with Crippen molar-refractivity contribution in [3.05, 3.63) is 51.1 Å². The number of carbonyl (C=O) groups is 1. The summed E-state index contributed by atoms with van der Waals surface area (Å²) in [7, 11) is 0. The van der Waals surface area contributed by atoms with Gasteiger partial charge in [-0.3, -0.25) is 4.79 Å². The predicted molar refractivity (Wildman–Crippen MR) is 78.1 cm³/mol. The van der Waals surface area contributed by atoms with E-state index in [0.717, 1.165) is 0 Å². The summed E-state index contributed by atoms with van der Waals surface area (Å²) in [5.41, 5.74) is 6.22. The average Bonchev–Trinajstić information content (AvgIpc) is 2.36. The number of rotatable bonds is 2. The van der Waals surface area contributed by atoms with Crippen molar-refractivity contribution in [2.45, 2.75) is 0 Å². The third-order valence-corrected chi connectivity index (χ3v) is 3.38. The highest BCUT2D eigenvalue weighted by Gasteiger charge is 2.13. The molecule has 2 aromatic rings. The molecule has 4 nitrogen and oxygen atoms in total. The lowest BCUT2D eigenvalue weighted by Crippen LogP contribution is -2.15. The Hall–Kier alpha value is -1.49. The fourth-order valence-electron chi connectivity index (χ4n) is 1.42. The largest absolute Gasteiger partial charge is 0.383 e. The standard InChI is InChI=1S/C12H8Cl3N3O/c13-7-4-9(15)10(5-8(7)14)18-12(19)6-2-1-3-17-11(6)16/h1-5H,(H2,16,17)(H,18,19). The summed E-state index contributed by atoms with van der Waals surface area (Å²) in [5.74, 6) is -0.290. The maximum atomic E-state index is 12.0. The van der Waals surface area contributed by atoms with Crippen molar-refractivity contribution in [3.63, 3.8) is 0 Å². The van der Waals surface area contributed by atoms with Gasteiger partial charge in [-0.1, -0.05) is 34.8 Å². The third-order valence-electron chi connectivity index (χ3n) is 2.34. The monoisotopic (exact) mass is 315 g/mol. The van der Waals surface area contributed by atoms with Gasteiger partial charge in [0.2, 0.25) is 0 Å². The van der Waals surface area contributed by atoms with Gasteiger partial charge in [-0.05, 0) is 24.3 Å². The Bertz CT molecular complexity index is 646. The summed E-state index contributed by atoms with van der Waals surface area (Å²) < 4.78 is 0. The highest BCUT2D eigenvalue weighted by atomic mass is 35.5. The molecular weight excluding hydrogens is 309 g/mol. The molecule has 0 saturated carbocycles. The molecule has 1 amide bonds. The molecule has 0 aliphatic carbocycles. The summed E-state index contributed by atoms with van der Waals surface area (Å²) in [5, 5.41) is 3.49. The second-order valence-corrected chi connectivity index (χ2v) is 4.86. The number of nitrogens with two attached hydrogens (primary N) is 1. The van der Waals surface area contributed by atoms with Gasteiger partial charge in [0.25, 0.3) is 5.91 Å². The summed E-state index contributed by atoms with van der Waals surface area (Å²) >= 11 is 17.6. The molecule has 1 aromatic heterocycles. The quantitative estimate of drug-likeness (QED) is 0.826. The molecule has 1 aromatic carbocycles. The van der Waals surface area contributed by atoms with Crippen molar-refractivity contribution >= 4 is 52.2 Å². The molecule has 3 N–H and O–H groups in total. The molecule has 1 heterocycles. The Labute approximate surface area is 124 Å². The topological polar surface area (TPSA) is 68.0 Å². The van der Waals surface area contributed by atoms with E-state index in [1.54, 1.807) is 12.1 Å². The van der Waals surface area contributed by atoms with Crippen molar-refractivity contribution < 1.29 is 4.79 Å². The van der Waals surface area contributed by atoms with Gasteiger partial charge in [-0.2, -0.15) is 0 Å². The van der Waals surface area contributed by atoms with E-state index in [-0.39, 0.29) is 16.4 Å². The number of nitrogens with zero attached hydrogens (tertiary/aromatic N) is 1. The Morgan fingerprint density at radius 3 is 2.53 bits per heavy atom. The molecule has 19 heavy (non-hydrogen) atoms. The van der Waals surface area contributed by atoms with Crippen LogP contribution < -0.4 is 11.1 Å². The average molecular weight is 317 g/mol. The summed E-state index contributed by atoms with van der Waals surface area (Å²) in [4.78, 5) is 15.9. The minimum Gasteiger partial charge on any atom is -0.383 e. The molecule has 0 atom stereocenters. The number of amides is 1. The van der Waals surface area contributed by atoms with Crippen molar-refractivity contribution in [2.24, 2.45) is 0 Å². The Morgan fingerprint density at radius 1 is 1.16 bits per heavy atom. The van der Waals surface area contributed by atoms with Gasteiger partial charge in [0, 0.05) is 6.20 Å². The van der Waals surface area contributed by atoms with Gasteiger partial charge in [0.15, 0.2) is 0 Å². The number of halogens is 3. The molecular formula is C12H8Cl3N3O. The van der Waals surface area contributed by atoms with Crippen molar-refractivity contribution in [1.82, 2.24) is 4.98 Å². The molecule has 0 aliphatic heterocycles. The van der Waals surface area contributed by atoms with E-state index in [2.05, 4.69) is 10.3 Å². The number of hydrogen-bond acceptors (Lipinski definition) is 3. The SMILES string of the molecule is Nc1ncccc1C(=O)Nc1cc(Cl)c(Cl)cc1Cl. The van der Waals surface area contributed by atoms with E-state index in [0.29, 0.717) is 15.7 Å². The van der Waals surface area contributed by atoms with Gasteiger partial charge in [0.05, 0.1) is 26.3 Å². The molecule has 7 heteroatoms. The zero-order valence-corrected chi connectivity index (χ0v) is 11.7. The van der Waals surface area contributed by atoms with E-state index in [1.165, 1.54) is 18.3 Å². The third kappa shape index (κ3) is 3.10. The van der Waals surface area contributed by atoms with E-state index < -0.39 is 5.91 Å². The molecule has 0 aliphatic rings. The van der Waals surface area contributed by atoms with Gasteiger partial charge in [-0.15, -0.1) is 0 Å². The Kier molecular flexibility index (Phi) is 4.14. The molecule has 0 fully saturated rings.